The Balaban J connectivity index is 1.92. The second-order valence-electron chi connectivity index (χ2n) is 4.41. The summed E-state index contributed by atoms with van der Waals surface area (Å²) < 4.78 is 0.789. The van der Waals surface area contributed by atoms with Gasteiger partial charge in [-0.3, -0.25) is 4.79 Å². The maximum absolute atomic E-state index is 12.0. The van der Waals surface area contributed by atoms with Crippen molar-refractivity contribution in [3.8, 4) is 0 Å². The largest absolute Gasteiger partial charge is 0.399 e. The maximum atomic E-state index is 12.0. The lowest BCUT2D eigenvalue weighted by Gasteiger charge is -2.07. The topological polar surface area (TPSA) is 55.1 Å². The Bertz CT molecular complexity index is 611. The molecule has 3 nitrogen and oxygen atoms in total. The molecular weight excluding hydrogens is 340 g/mol. The van der Waals surface area contributed by atoms with Gasteiger partial charge in [-0.25, -0.2) is 0 Å². The molecule has 0 aliphatic carbocycles. The fraction of sp³-hybridized carbons (Fsp3) is 0.133. The Hall–Kier alpha value is -1.52. The van der Waals surface area contributed by atoms with Crippen LogP contribution in [0.4, 0.5) is 5.69 Å². The van der Waals surface area contributed by atoms with Gasteiger partial charge in [0.25, 0.3) is 5.91 Å². The van der Waals surface area contributed by atoms with Gasteiger partial charge < -0.3 is 11.1 Å². The highest BCUT2D eigenvalue weighted by Gasteiger charge is 2.06. The van der Waals surface area contributed by atoms with E-state index in [1.165, 1.54) is 0 Å². The van der Waals surface area contributed by atoms with Crippen molar-refractivity contribution in [2.45, 2.75) is 6.42 Å². The van der Waals surface area contributed by atoms with Crippen molar-refractivity contribution in [3.05, 3.63) is 63.1 Å². The minimum absolute atomic E-state index is 0.139. The predicted octanol–water partition coefficient (Wildman–Crippen LogP) is 3.66. The zero-order valence-corrected chi connectivity index (χ0v) is 13.0. The number of carbonyl (C=O) groups is 1. The fourth-order valence-corrected chi connectivity index (χ4v) is 2.58. The van der Waals surface area contributed by atoms with Gasteiger partial charge in [-0.2, -0.15) is 0 Å². The van der Waals surface area contributed by atoms with Crippen LogP contribution in [0.3, 0.4) is 0 Å². The smallest absolute Gasteiger partial charge is 0.251 e. The van der Waals surface area contributed by atoms with E-state index in [0.29, 0.717) is 22.8 Å². The number of benzene rings is 2. The van der Waals surface area contributed by atoms with Gasteiger partial charge in [0.15, 0.2) is 0 Å². The highest BCUT2D eigenvalue weighted by Crippen LogP contribution is 2.17. The van der Waals surface area contributed by atoms with Gasteiger partial charge in [0.2, 0.25) is 0 Å². The number of hydrogen-bond donors (Lipinski definition) is 2. The first-order chi connectivity index (χ1) is 9.54. The van der Waals surface area contributed by atoms with Gasteiger partial charge in [-0.05, 0) is 42.3 Å². The molecule has 0 aliphatic heterocycles. The van der Waals surface area contributed by atoms with Crippen molar-refractivity contribution in [2.24, 2.45) is 0 Å². The van der Waals surface area contributed by atoms with E-state index >= 15 is 0 Å². The van der Waals surface area contributed by atoms with Crippen LogP contribution >= 0.6 is 27.5 Å². The number of halogens is 2. The number of hydrogen-bond acceptors (Lipinski definition) is 2. The summed E-state index contributed by atoms with van der Waals surface area (Å²) in [5.74, 6) is -0.139. The van der Waals surface area contributed by atoms with Crippen LogP contribution < -0.4 is 11.1 Å². The van der Waals surface area contributed by atoms with E-state index in [2.05, 4.69) is 21.2 Å². The number of amides is 1. The summed E-state index contributed by atoms with van der Waals surface area (Å²) in [6, 6.07) is 12.7. The molecule has 20 heavy (non-hydrogen) atoms. The van der Waals surface area contributed by atoms with Crippen molar-refractivity contribution in [1.29, 1.82) is 0 Å². The van der Waals surface area contributed by atoms with E-state index in [1.807, 2.05) is 24.3 Å². The van der Waals surface area contributed by atoms with Gasteiger partial charge >= 0.3 is 0 Å². The molecule has 2 aromatic carbocycles. The monoisotopic (exact) mass is 352 g/mol. The van der Waals surface area contributed by atoms with E-state index in [0.717, 1.165) is 16.5 Å². The van der Waals surface area contributed by atoms with E-state index in [4.69, 9.17) is 17.3 Å². The molecule has 0 heterocycles. The van der Waals surface area contributed by atoms with Crippen LogP contribution in [0, 0.1) is 0 Å². The highest BCUT2D eigenvalue weighted by atomic mass is 79.9. The number of nitrogen functional groups attached to an aromatic ring is 1. The summed E-state index contributed by atoms with van der Waals surface area (Å²) in [4.78, 5) is 12.0. The first kappa shape index (κ1) is 14.9. The third-order valence-corrected chi connectivity index (χ3v) is 3.46. The van der Waals surface area contributed by atoms with Crippen LogP contribution in [0.1, 0.15) is 15.9 Å². The molecule has 104 valence electrons. The first-order valence-corrected chi connectivity index (χ1v) is 7.30. The average Bonchev–Trinajstić information content (AvgIpc) is 2.37. The first-order valence-electron chi connectivity index (χ1n) is 6.13. The molecule has 0 unspecified atom stereocenters. The summed E-state index contributed by atoms with van der Waals surface area (Å²) in [6.45, 7) is 0.547. The summed E-state index contributed by atoms with van der Waals surface area (Å²) >= 11 is 9.23. The zero-order valence-electron chi connectivity index (χ0n) is 10.7. The molecule has 0 bridgehead atoms. The summed E-state index contributed by atoms with van der Waals surface area (Å²) in [5, 5.41) is 3.57. The molecule has 0 saturated heterocycles. The third kappa shape index (κ3) is 4.25. The van der Waals surface area contributed by atoms with Gasteiger partial charge in [0, 0.05) is 27.3 Å². The maximum Gasteiger partial charge on any atom is 0.251 e. The fourth-order valence-electron chi connectivity index (χ4n) is 1.86. The summed E-state index contributed by atoms with van der Waals surface area (Å²) in [5.41, 5.74) is 7.90. The second kappa shape index (κ2) is 6.77. The highest BCUT2D eigenvalue weighted by molar-refractivity contribution is 9.10. The molecule has 1 amide bonds. The van der Waals surface area contributed by atoms with Crippen molar-refractivity contribution in [3.63, 3.8) is 0 Å². The Morgan fingerprint density at radius 3 is 2.75 bits per heavy atom. The van der Waals surface area contributed by atoms with Crippen LogP contribution in [0.2, 0.25) is 5.02 Å². The molecule has 0 saturated carbocycles. The van der Waals surface area contributed by atoms with Crippen molar-refractivity contribution >= 4 is 39.1 Å². The van der Waals surface area contributed by atoms with E-state index in [1.54, 1.807) is 18.2 Å². The van der Waals surface area contributed by atoms with E-state index in [-0.39, 0.29) is 5.91 Å². The zero-order chi connectivity index (χ0) is 14.5. The van der Waals surface area contributed by atoms with Crippen LogP contribution in [0.25, 0.3) is 0 Å². The van der Waals surface area contributed by atoms with Crippen LogP contribution in [-0.2, 0) is 6.42 Å². The minimum Gasteiger partial charge on any atom is -0.399 e. The second-order valence-corrected chi connectivity index (χ2v) is 5.76. The average molecular weight is 354 g/mol. The summed E-state index contributed by atoms with van der Waals surface area (Å²) in [7, 11) is 0. The predicted molar refractivity (Wildman–Crippen MR) is 86.0 cm³/mol. The van der Waals surface area contributed by atoms with Crippen molar-refractivity contribution in [2.75, 3.05) is 12.3 Å². The molecule has 0 spiro atoms. The number of rotatable bonds is 4. The minimum atomic E-state index is -0.139. The number of carbonyl (C=O) groups excluding carboxylic acids is 1. The lowest BCUT2D eigenvalue weighted by Crippen LogP contribution is -2.25. The number of nitrogens with two attached hydrogens (primary N) is 1. The summed E-state index contributed by atoms with van der Waals surface area (Å²) in [6.07, 6.45) is 0.732. The van der Waals surface area contributed by atoms with Crippen molar-refractivity contribution in [1.82, 2.24) is 5.32 Å². The van der Waals surface area contributed by atoms with E-state index in [9.17, 15) is 4.79 Å². The SMILES string of the molecule is Nc1cc(Br)cc(C(=O)NCCc2cccc(Cl)c2)c1. The van der Waals surface area contributed by atoms with Crippen molar-refractivity contribution < 1.29 is 4.79 Å². The molecule has 0 aromatic heterocycles. The number of anilines is 1. The van der Waals surface area contributed by atoms with Gasteiger partial charge in [-0.1, -0.05) is 39.7 Å². The molecule has 0 radical (unpaired) electrons. The van der Waals surface area contributed by atoms with Gasteiger partial charge in [0.1, 0.15) is 0 Å². The third-order valence-electron chi connectivity index (χ3n) is 2.77. The Morgan fingerprint density at radius 2 is 2.05 bits per heavy atom. The van der Waals surface area contributed by atoms with Crippen LogP contribution in [0.5, 0.6) is 0 Å². The quantitative estimate of drug-likeness (QED) is 0.824. The Kier molecular flexibility index (Phi) is 5.04. The molecule has 0 atom stereocenters. The van der Waals surface area contributed by atoms with Gasteiger partial charge in [-0.15, -0.1) is 0 Å². The Morgan fingerprint density at radius 1 is 1.25 bits per heavy atom. The van der Waals surface area contributed by atoms with Gasteiger partial charge in [0.05, 0.1) is 0 Å². The number of nitrogens with one attached hydrogen (secondary N) is 1. The lowest BCUT2D eigenvalue weighted by molar-refractivity contribution is 0.0954. The van der Waals surface area contributed by atoms with E-state index < -0.39 is 0 Å². The van der Waals surface area contributed by atoms with Crippen LogP contribution in [0.15, 0.2) is 46.9 Å². The normalized spacial score (nSPS) is 10.3. The molecule has 5 heteroatoms. The molecule has 2 rings (SSSR count). The molecule has 2 aromatic rings. The molecule has 0 fully saturated rings. The van der Waals surface area contributed by atoms with Crippen LogP contribution in [-0.4, -0.2) is 12.5 Å². The lowest BCUT2D eigenvalue weighted by atomic mass is 10.1. The molecule has 0 aliphatic rings. The Labute approximate surface area is 131 Å². The standard InChI is InChI=1S/C15H14BrClN2O/c16-12-7-11(8-14(18)9-12)15(20)19-5-4-10-2-1-3-13(17)6-10/h1-3,6-9H,4-5,18H2,(H,19,20). The molecule has 3 N–H and O–H groups in total. The molecular formula is C15H14BrClN2O.